The minimum atomic E-state index is -3.44. The lowest BCUT2D eigenvalue weighted by atomic mass is 10.2. The van der Waals surface area contributed by atoms with Gasteiger partial charge in [-0.2, -0.15) is 4.31 Å². The maximum absolute atomic E-state index is 12.5. The molecule has 0 radical (unpaired) electrons. The van der Waals surface area contributed by atoms with Crippen molar-refractivity contribution in [2.24, 2.45) is 0 Å². The summed E-state index contributed by atoms with van der Waals surface area (Å²) < 4.78 is 37.3. The molecular weight excluding hydrogens is 344 g/mol. The first-order chi connectivity index (χ1) is 12.1. The normalized spacial score (nSPS) is 19.8. The van der Waals surface area contributed by atoms with Gasteiger partial charge >= 0.3 is 0 Å². The Morgan fingerprint density at radius 2 is 1.72 bits per heavy atom. The Morgan fingerprint density at radius 3 is 2.36 bits per heavy atom. The molecule has 2 aliphatic rings. The lowest BCUT2D eigenvalue weighted by molar-refractivity contribution is -0.180. The van der Waals surface area contributed by atoms with Crippen LogP contribution in [-0.2, 0) is 19.5 Å². The van der Waals surface area contributed by atoms with Gasteiger partial charge in [-0.05, 0) is 43.5 Å². The van der Waals surface area contributed by atoms with E-state index in [1.165, 1.54) is 16.4 Å². The Morgan fingerprint density at radius 1 is 1.08 bits per heavy atom. The van der Waals surface area contributed by atoms with Crippen molar-refractivity contribution < 1.29 is 22.7 Å². The zero-order valence-corrected chi connectivity index (χ0v) is 15.0. The number of nitrogens with zero attached hydrogens (tertiary/aromatic N) is 1. The van der Waals surface area contributed by atoms with Crippen LogP contribution in [0.25, 0.3) is 0 Å². The van der Waals surface area contributed by atoms with Gasteiger partial charge in [0.05, 0.1) is 18.1 Å². The van der Waals surface area contributed by atoms with E-state index in [2.05, 4.69) is 5.32 Å². The molecule has 0 bridgehead atoms. The van der Waals surface area contributed by atoms with Gasteiger partial charge in [-0.3, -0.25) is 4.79 Å². The fourth-order valence-corrected chi connectivity index (χ4v) is 4.48. The van der Waals surface area contributed by atoms with Crippen molar-refractivity contribution >= 4 is 15.9 Å². The SMILES string of the molecule is O=C(NCCC1OCCCO1)c1ccc(S(=O)(=O)N2CCCC2)cc1. The van der Waals surface area contributed by atoms with Crippen molar-refractivity contribution in [1.82, 2.24) is 9.62 Å². The third-order valence-electron chi connectivity index (χ3n) is 4.38. The zero-order chi connectivity index (χ0) is 17.7. The average molecular weight is 368 g/mol. The second-order valence-electron chi connectivity index (χ2n) is 6.20. The summed E-state index contributed by atoms with van der Waals surface area (Å²) >= 11 is 0. The van der Waals surface area contributed by atoms with Crippen molar-refractivity contribution in [2.45, 2.75) is 36.9 Å². The van der Waals surface area contributed by atoms with Crippen LogP contribution in [0.15, 0.2) is 29.2 Å². The Kier molecular flexibility index (Phi) is 6.06. The van der Waals surface area contributed by atoms with Gasteiger partial charge in [-0.25, -0.2) is 8.42 Å². The van der Waals surface area contributed by atoms with Crippen LogP contribution in [0.3, 0.4) is 0 Å². The number of ether oxygens (including phenoxy) is 2. The number of amides is 1. The molecule has 2 saturated heterocycles. The van der Waals surface area contributed by atoms with Gasteiger partial charge in [-0.1, -0.05) is 0 Å². The highest BCUT2D eigenvalue weighted by Crippen LogP contribution is 2.21. The Labute approximate surface area is 148 Å². The number of nitrogens with one attached hydrogen (secondary N) is 1. The number of carbonyl (C=O) groups is 1. The molecule has 0 atom stereocenters. The van der Waals surface area contributed by atoms with E-state index in [0.29, 0.717) is 44.8 Å². The van der Waals surface area contributed by atoms with Gasteiger partial charge in [-0.15, -0.1) is 0 Å². The molecule has 25 heavy (non-hydrogen) atoms. The number of hydrogen-bond donors (Lipinski definition) is 1. The predicted molar refractivity (Wildman–Crippen MR) is 91.7 cm³/mol. The van der Waals surface area contributed by atoms with Gasteiger partial charge in [0.25, 0.3) is 5.91 Å². The molecule has 1 aromatic carbocycles. The Hall–Kier alpha value is -1.48. The van der Waals surface area contributed by atoms with E-state index in [1.807, 2.05) is 0 Å². The van der Waals surface area contributed by atoms with Gasteiger partial charge in [0.1, 0.15) is 0 Å². The number of sulfonamides is 1. The van der Waals surface area contributed by atoms with Crippen molar-refractivity contribution in [2.75, 3.05) is 32.8 Å². The first-order valence-electron chi connectivity index (χ1n) is 8.69. The summed E-state index contributed by atoms with van der Waals surface area (Å²) in [6.45, 7) is 2.94. The van der Waals surface area contributed by atoms with Crippen LogP contribution in [0.5, 0.6) is 0 Å². The summed E-state index contributed by atoms with van der Waals surface area (Å²) in [4.78, 5) is 12.4. The average Bonchev–Trinajstić information content (AvgIpc) is 3.18. The lowest BCUT2D eigenvalue weighted by Gasteiger charge is -2.23. The fourth-order valence-electron chi connectivity index (χ4n) is 2.96. The van der Waals surface area contributed by atoms with Crippen LogP contribution in [0, 0.1) is 0 Å². The molecule has 1 aromatic rings. The third kappa shape index (κ3) is 4.58. The van der Waals surface area contributed by atoms with Gasteiger partial charge in [0, 0.05) is 31.6 Å². The quantitative estimate of drug-likeness (QED) is 0.819. The highest BCUT2D eigenvalue weighted by atomic mass is 32.2. The summed E-state index contributed by atoms with van der Waals surface area (Å²) in [6.07, 6.45) is 3.02. The van der Waals surface area contributed by atoms with Crippen LogP contribution in [0.2, 0.25) is 0 Å². The first-order valence-corrected chi connectivity index (χ1v) is 10.1. The smallest absolute Gasteiger partial charge is 0.251 e. The third-order valence-corrected chi connectivity index (χ3v) is 6.29. The van der Waals surface area contributed by atoms with E-state index in [1.54, 1.807) is 12.1 Å². The molecule has 8 heteroatoms. The van der Waals surface area contributed by atoms with Crippen LogP contribution in [0.1, 0.15) is 36.0 Å². The molecule has 138 valence electrons. The van der Waals surface area contributed by atoms with Crippen LogP contribution < -0.4 is 5.32 Å². The molecule has 0 unspecified atom stereocenters. The van der Waals surface area contributed by atoms with Crippen molar-refractivity contribution in [3.63, 3.8) is 0 Å². The summed E-state index contributed by atoms with van der Waals surface area (Å²) in [5.41, 5.74) is 0.436. The number of hydrogen-bond acceptors (Lipinski definition) is 5. The second kappa shape index (κ2) is 8.27. The van der Waals surface area contributed by atoms with Gasteiger partial charge in [0.2, 0.25) is 10.0 Å². The minimum absolute atomic E-state index is 0.231. The molecule has 1 amide bonds. The van der Waals surface area contributed by atoms with Crippen LogP contribution in [-0.4, -0.2) is 57.8 Å². The summed E-state index contributed by atoms with van der Waals surface area (Å²) in [5.74, 6) is -0.235. The van der Waals surface area contributed by atoms with E-state index < -0.39 is 10.0 Å². The lowest BCUT2D eigenvalue weighted by Crippen LogP contribution is -2.31. The molecule has 2 heterocycles. The Bertz CT molecular complexity index is 677. The van der Waals surface area contributed by atoms with E-state index >= 15 is 0 Å². The molecule has 0 aliphatic carbocycles. The maximum atomic E-state index is 12.5. The molecule has 1 N–H and O–H groups in total. The first kappa shape index (κ1) is 18.3. The minimum Gasteiger partial charge on any atom is -0.353 e. The summed E-state index contributed by atoms with van der Waals surface area (Å²) in [5, 5.41) is 2.80. The zero-order valence-electron chi connectivity index (χ0n) is 14.1. The summed E-state index contributed by atoms with van der Waals surface area (Å²) in [7, 11) is -3.44. The standard InChI is InChI=1S/C17H24N2O5S/c20-17(18-9-8-16-23-12-3-13-24-16)14-4-6-15(7-5-14)25(21,22)19-10-1-2-11-19/h4-7,16H,1-3,8-13H2,(H,18,20). The van der Waals surface area contributed by atoms with E-state index in [0.717, 1.165) is 19.3 Å². The van der Waals surface area contributed by atoms with Gasteiger partial charge < -0.3 is 14.8 Å². The van der Waals surface area contributed by atoms with Crippen LogP contribution in [0.4, 0.5) is 0 Å². The Balaban J connectivity index is 1.53. The van der Waals surface area contributed by atoms with Crippen molar-refractivity contribution in [1.29, 1.82) is 0 Å². The number of benzene rings is 1. The molecular formula is C17H24N2O5S. The molecule has 2 aliphatic heterocycles. The maximum Gasteiger partial charge on any atom is 0.251 e. The molecule has 0 aromatic heterocycles. The van der Waals surface area contributed by atoms with Crippen molar-refractivity contribution in [3.8, 4) is 0 Å². The van der Waals surface area contributed by atoms with Gasteiger partial charge in [0.15, 0.2) is 6.29 Å². The van der Waals surface area contributed by atoms with E-state index in [4.69, 9.17) is 9.47 Å². The van der Waals surface area contributed by atoms with Crippen molar-refractivity contribution in [3.05, 3.63) is 29.8 Å². The van der Waals surface area contributed by atoms with E-state index in [-0.39, 0.29) is 17.1 Å². The molecule has 2 fully saturated rings. The predicted octanol–water partition coefficient (Wildman–Crippen LogP) is 1.35. The molecule has 0 spiro atoms. The molecule has 3 rings (SSSR count). The number of carbonyl (C=O) groups excluding carboxylic acids is 1. The monoisotopic (exact) mass is 368 g/mol. The van der Waals surface area contributed by atoms with Crippen LogP contribution >= 0.6 is 0 Å². The topological polar surface area (TPSA) is 84.9 Å². The highest BCUT2D eigenvalue weighted by Gasteiger charge is 2.27. The second-order valence-corrected chi connectivity index (χ2v) is 8.14. The highest BCUT2D eigenvalue weighted by molar-refractivity contribution is 7.89. The summed E-state index contributed by atoms with van der Waals surface area (Å²) in [6, 6.07) is 6.09. The fraction of sp³-hybridized carbons (Fsp3) is 0.588. The van der Waals surface area contributed by atoms with E-state index in [9.17, 15) is 13.2 Å². The number of rotatable bonds is 6. The molecule has 7 nitrogen and oxygen atoms in total. The largest absolute Gasteiger partial charge is 0.353 e. The molecule has 0 saturated carbocycles.